The van der Waals surface area contributed by atoms with Crippen LogP contribution in [-0.4, -0.2) is 47.0 Å². The summed E-state index contributed by atoms with van der Waals surface area (Å²) in [5.74, 6) is -0.870. The fourth-order valence-corrected chi connectivity index (χ4v) is 6.26. The molecule has 0 bridgehead atoms. The maximum atomic E-state index is 14.4. The molecule has 2 fully saturated rings. The Balaban J connectivity index is 1.52. The summed E-state index contributed by atoms with van der Waals surface area (Å²) in [6, 6.07) is 9.29. The van der Waals surface area contributed by atoms with Gasteiger partial charge in [-0.05, 0) is 75.8 Å². The van der Waals surface area contributed by atoms with Gasteiger partial charge >= 0.3 is 0 Å². The summed E-state index contributed by atoms with van der Waals surface area (Å²) in [5, 5.41) is 4.11. The lowest BCUT2D eigenvalue weighted by Crippen LogP contribution is -2.37. The molecule has 1 aliphatic carbocycles. The largest absolute Gasteiger partial charge is 0.381 e. The summed E-state index contributed by atoms with van der Waals surface area (Å²) in [4.78, 5) is 20.0. The Kier molecular flexibility index (Phi) is 7.14. The average molecular weight is 551 g/mol. The Morgan fingerprint density at radius 1 is 1.00 bits per heavy atom. The highest BCUT2D eigenvalue weighted by atomic mass is 19.2. The summed E-state index contributed by atoms with van der Waals surface area (Å²) in [5.41, 5.74) is 4.68. The topological polar surface area (TPSA) is 82.6 Å². The molecular formula is C30H32F2N4O4. The fraction of sp³-hybridized carbons (Fsp3) is 0.433. The third-order valence-corrected chi connectivity index (χ3v) is 8.20. The van der Waals surface area contributed by atoms with Crippen LogP contribution in [0, 0.1) is 25.5 Å². The number of anilines is 1. The van der Waals surface area contributed by atoms with Crippen LogP contribution in [0.1, 0.15) is 61.5 Å². The van der Waals surface area contributed by atoms with E-state index in [1.807, 2.05) is 26.0 Å². The number of carbonyl (C=O) groups is 1. The quantitative estimate of drug-likeness (QED) is 0.294. The van der Waals surface area contributed by atoms with Gasteiger partial charge in [0.1, 0.15) is 18.2 Å². The van der Waals surface area contributed by atoms with Crippen molar-refractivity contribution in [2.75, 3.05) is 25.2 Å². The second kappa shape index (κ2) is 10.7. The van der Waals surface area contributed by atoms with Crippen LogP contribution in [0.4, 0.5) is 14.5 Å². The number of benzene rings is 2. The first-order valence-electron chi connectivity index (χ1n) is 13.7. The Labute approximate surface area is 230 Å². The molecule has 0 spiro atoms. The number of aromatic nitrogens is 3. The zero-order chi connectivity index (χ0) is 28.0. The molecule has 10 heteroatoms. The molecule has 4 aromatic rings. The molecule has 0 unspecified atom stereocenters. The average Bonchev–Trinajstić information content (AvgIpc) is 3.43. The molecule has 1 amide bonds. The highest BCUT2D eigenvalue weighted by Crippen LogP contribution is 2.40. The van der Waals surface area contributed by atoms with Crippen molar-refractivity contribution in [1.29, 1.82) is 0 Å². The van der Waals surface area contributed by atoms with E-state index in [2.05, 4.69) is 15.8 Å². The number of aryl methyl sites for hydroxylation is 2. The zero-order valence-corrected chi connectivity index (χ0v) is 22.8. The van der Waals surface area contributed by atoms with Gasteiger partial charge in [-0.2, -0.15) is 0 Å². The minimum absolute atomic E-state index is 0.141. The highest BCUT2D eigenvalue weighted by molar-refractivity contribution is 5.95. The van der Waals surface area contributed by atoms with Gasteiger partial charge < -0.3 is 18.6 Å². The van der Waals surface area contributed by atoms with Crippen LogP contribution in [-0.2, 0) is 14.3 Å². The molecule has 3 heterocycles. The van der Waals surface area contributed by atoms with Crippen LogP contribution in [0.25, 0.3) is 22.2 Å². The van der Waals surface area contributed by atoms with Crippen molar-refractivity contribution in [2.45, 2.75) is 64.1 Å². The van der Waals surface area contributed by atoms with E-state index in [1.54, 1.807) is 7.11 Å². The molecule has 1 aliphatic heterocycles. The smallest absolute Gasteiger partial charge is 0.253 e. The number of fused-ring (bicyclic) bond motifs is 1. The lowest BCUT2D eigenvalue weighted by Gasteiger charge is -2.34. The first kappa shape index (κ1) is 26.6. The maximum Gasteiger partial charge on any atom is 0.253 e. The normalized spacial score (nSPS) is 22.2. The van der Waals surface area contributed by atoms with Crippen LogP contribution in [0.3, 0.4) is 0 Å². The minimum atomic E-state index is -1.01. The Morgan fingerprint density at radius 2 is 1.80 bits per heavy atom. The number of ether oxygens (including phenoxy) is 2. The van der Waals surface area contributed by atoms with Crippen LogP contribution < -0.4 is 4.90 Å². The van der Waals surface area contributed by atoms with E-state index in [-0.39, 0.29) is 30.3 Å². The second-order valence-electron chi connectivity index (χ2n) is 10.6. The van der Waals surface area contributed by atoms with Gasteiger partial charge in [0, 0.05) is 37.1 Å². The van der Waals surface area contributed by atoms with Crippen molar-refractivity contribution < 1.29 is 27.6 Å². The Hall–Kier alpha value is -3.63. The van der Waals surface area contributed by atoms with Crippen LogP contribution in [0.15, 0.2) is 40.9 Å². The first-order chi connectivity index (χ1) is 19.4. The van der Waals surface area contributed by atoms with Gasteiger partial charge in [-0.15, -0.1) is 0 Å². The lowest BCUT2D eigenvalue weighted by atomic mass is 9.92. The molecule has 6 rings (SSSR count). The van der Waals surface area contributed by atoms with E-state index >= 15 is 0 Å². The molecular weight excluding hydrogens is 518 g/mol. The SMILES string of the molecule is COC1CCC(n2c([C@@H]3CCOCC(=O)N3c3ccc(F)c(F)c3)nc3cc(-c4c(C)noc4C)ccc32)CC1. The summed E-state index contributed by atoms with van der Waals surface area (Å²) in [7, 11) is 1.75. The number of rotatable bonds is 5. The van der Waals surface area contributed by atoms with Crippen molar-refractivity contribution in [1.82, 2.24) is 14.7 Å². The van der Waals surface area contributed by atoms with Crippen molar-refractivity contribution >= 4 is 22.6 Å². The molecule has 0 N–H and O–H groups in total. The summed E-state index contributed by atoms with van der Waals surface area (Å²) >= 11 is 0. The molecule has 2 aliphatic rings. The van der Waals surface area contributed by atoms with Crippen molar-refractivity contribution in [3.63, 3.8) is 0 Å². The first-order valence-corrected chi connectivity index (χ1v) is 13.7. The molecule has 1 saturated carbocycles. The van der Waals surface area contributed by atoms with Gasteiger partial charge in [-0.1, -0.05) is 11.2 Å². The number of halogens is 2. The maximum absolute atomic E-state index is 14.4. The number of nitrogens with zero attached hydrogens (tertiary/aromatic N) is 4. The van der Waals surface area contributed by atoms with Gasteiger partial charge in [0.25, 0.3) is 5.91 Å². The van der Waals surface area contributed by atoms with Gasteiger partial charge in [-0.3, -0.25) is 9.69 Å². The predicted molar refractivity (Wildman–Crippen MR) is 145 cm³/mol. The lowest BCUT2D eigenvalue weighted by molar-refractivity contribution is -0.122. The predicted octanol–water partition coefficient (Wildman–Crippen LogP) is 6.21. The van der Waals surface area contributed by atoms with E-state index in [9.17, 15) is 13.6 Å². The van der Waals surface area contributed by atoms with Gasteiger partial charge in [0.05, 0.1) is 28.9 Å². The number of amides is 1. The number of imidazole rings is 1. The molecule has 40 heavy (non-hydrogen) atoms. The summed E-state index contributed by atoms with van der Waals surface area (Å²) in [6.45, 7) is 3.98. The van der Waals surface area contributed by atoms with Gasteiger partial charge in [0.2, 0.25) is 0 Å². The van der Waals surface area contributed by atoms with E-state index < -0.39 is 17.7 Å². The molecule has 0 radical (unpaired) electrons. The molecule has 8 nitrogen and oxygen atoms in total. The van der Waals surface area contributed by atoms with Crippen LogP contribution >= 0.6 is 0 Å². The minimum Gasteiger partial charge on any atom is -0.381 e. The van der Waals surface area contributed by atoms with Crippen molar-refractivity contribution in [3.8, 4) is 11.1 Å². The molecule has 1 atom stereocenters. The van der Waals surface area contributed by atoms with E-state index in [4.69, 9.17) is 19.0 Å². The molecule has 1 saturated heterocycles. The van der Waals surface area contributed by atoms with Gasteiger partial charge in [0.15, 0.2) is 11.6 Å². The highest BCUT2D eigenvalue weighted by Gasteiger charge is 2.36. The van der Waals surface area contributed by atoms with E-state index in [0.717, 1.165) is 71.4 Å². The summed E-state index contributed by atoms with van der Waals surface area (Å²) in [6.07, 6.45) is 4.29. The standard InChI is InChI=1S/C30H32F2N4O4/c1-17-29(18(2)40-34-17)19-4-11-26-25(14-19)33-30(36(26)20-5-8-22(38-3)9-6-20)27-12-13-39-16-28(37)35(27)21-7-10-23(31)24(32)15-21/h4,7,10-11,14-15,20,22,27H,5-6,8-9,12-13,16H2,1-3H3/t20?,22?,27-/m0/s1. The molecule has 2 aromatic heterocycles. The van der Waals surface area contributed by atoms with Crippen molar-refractivity contribution in [2.24, 2.45) is 0 Å². The fourth-order valence-electron chi connectivity index (χ4n) is 6.26. The number of hydrogen-bond donors (Lipinski definition) is 0. The molecule has 210 valence electrons. The Bertz CT molecular complexity index is 1540. The Morgan fingerprint density at radius 3 is 2.50 bits per heavy atom. The third kappa shape index (κ3) is 4.69. The third-order valence-electron chi connectivity index (χ3n) is 8.20. The van der Waals surface area contributed by atoms with Crippen molar-refractivity contribution in [3.05, 3.63) is 65.3 Å². The molecule has 2 aromatic carbocycles. The van der Waals surface area contributed by atoms with Crippen LogP contribution in [0.5, 0.6) is 0 Å². The van der Waals surface area contributed by atoms with Gasteiger partial charge in [-0.25, -0.2) is 13.8 Å². The summed E-state index contributed by atoms with van der Waals surface area (Å²) < 4.78 is 47.1. The van der Waals surface area contributed by atoms with E-state index in [0.29, 0.717) is 18.9 Å². The van der Waals surface area contributed by atoms with E-state index in [1.165, 1.54) is 11.0 Å². The number of carbonyl (C=O) groups excluding carboxylic acids is 1. The second-order valence-corrected chi connectivity index (χ2v) is 10.6. The number of methoxy groups -OCH3 is 1. The number of hydrogen-bond acceptors (Lipinski definition) is 6. The van der Waals surface area contributed by atoms with Crippen LogP contribution in [0.2, 0.25) is 0 Å². The monoisotopic (exact) mass is 550 g/mol. The zero-order valence-electron chi connectivity index (χ0n) is 22.8.